The molecule has 0 saturated carbocycles. The average molecular weight is 1050 g/mol. The van der Waals surface area contributed by atoms with Gasteiger partial charge in [-0.05, 0) is 63.9 Å². The van der Waals surface area contributed by atoms with Crippen LogP contribution in [0.3, 0.4) is 0 Å². The highest BCUT2D eigenvalue weighted by Gasteiger charge is 2.28. The molecule has 72 heavy (non-hydrogen) atoms. The summed E-state index contributed by atoms with van der Waals surface area (Å²) in [5.74, 6) is 1.91. The molecule has 1 aliphatic heterocycles. The number of ether oxygens (including phenoxy) is 3. The summed E-state index contributed by atoms with van der Waals surface area (Å²) in [5, 5.41) is 14.5. The molecule has 0 fully saturated rings. The van der Waals surface area contributed by atoms with Gasteiger partial charge in [0.25, 0.3) is 0 Å². The highest BCUT2D eigenvalue weighted by Crippen LogP contribution is 2.40. The van der Waals surface area contributed by atoms with Gasteiger partial charge in [-0.2, -0.15) is 15.4 Å². The Balaban J connectivity index is 0.000000644. The van der Waals surface area contributed by atoms with Crippen molar-refractivity contribution in [1.29, 1.82) is 0 Å². The zero-order valence-electron chi connectivity index (χ0n) is 45.0. The zero-order chi connectivity index (χ0) is 52.1. The topological polar surface area (TPSA) is 162 Å². The van der Waals surface area contributed by atoms with Gasteiger partial charge in [-0.1, -0.05) is 149 Å². The molecule has 1 aromatic heterocycles. The standard InChI is InChI=1S/C40H55N5O7S2.C16H36OSi/c1-2-3-4-17-37(48)41-21-29-54-53-28-20-33(47)13-10-23-51-25-27-52-26-24-50-22-9-12-32(46)18-19-38(49)45-30-31-11-5-6-14-34(31)39-40(43-44-42-39)35-15-7-8-16-36(35)45;1-6-7-8-9-10-11-12-13-14-15-18(4,5)17-16(2)3/h5-8,11,14-16H,2-4,9-10,12-13,17-30H2,1H3,(H,41,48)(H,42,43,44);16H,6-15H2,1-5H3. The summed E-state index contributed by atoms with van der Waals surface area (Å²) < 4.78 is 22.8. The first-order valence-electron chi connectivity index (χ1n) is 27.3. The lowest BCUT2D eigenvalue weighted by Gasteiger charge is -2.28. The number of aromatic nitrogens is 3. The molecule has 1 aliphatic rings. The van der Waals surface area contributed by atoms with Gasteiger partial charge in [-0.3, -0.25) is 19.2 Å². The molecule has 2 amide bonds. The molecule has 13 nitrogen and oxygen atoms in total. The van der Waals surface area contributed by atoms with Crippen LogP contribution in [-0.2, 0) is 44.4 Å². The van der Waals surface area contributed by atoms with Crippen LogP contribution in [0, 0.1) is 0 Å². The molecule has 0 unspecified atom stereocenters. The Bertz CT molecular complexity index is 1950. The molecule has 16 heteroatoms. The maximum absolute atomic E-state index is 13.6. The van der Waals surface area contributed by atoms with E-state index >= 15 is 0 Å². The van der Waals surface area contributed by atoms with Crippen molar-refractivity contribution in [2.75, 3.05) is 62.6 Å². The number of H-pyrrole nitrogens is 1. The first kappa shape index (κ1) is 62.9. The van der Waals surface area contributed by atoms with E-state index in [1.54, 1.807) is 26.5 Å². The summed E-state index contributed by atoms with van der Waals surface area (Å²) in [6.07, 6.45) is 19.9. The van der Waals surface area contributed by atoms with Crippen molar-refractivity contribution in [3.05, 3.63) is 54.1 Å². The number of rotatable bonds is 40. The Kier molecular flexibility index (Phi) is 34.2. The third-order valence-corrected chi connectivity index (χ3v) is 17.3. The summed E-state index contributed by atoms with van der Waals surface area (Å²) >= 11 is 0. The summed E-state index contributed by atoms with van der Waals surface area (Å²) in [6, 6.07) is 16.9. The van der Waals surface area contributed by atoms with Crippen LogP contribution in [-0.4, -0.2) is 111 Å². The predicted octanol–water partition coefficient (Wildman–Crippen LogP) is 13.1. The first-order chi connectivity index (χ1) is 35.0. The molecule has 404 valence electrons. The van der Waals surface area contributed by atoms with Crippen molar-refractivity contribution in [3.63, 3.8) is 0 Å². The highest BCUT2D eigenvalue weighted by molar-refractivity contribution is 8.76. The number of hydrogen-bond donors (Lipinski definition) is 2. The van der Waals surface area contributed by atoms with E-state index in [9.17, 15) is 19.2 Å². The fourth-order valence-corrected chi connectivity index (χ4v) is 12.9. The minimum Gasteiger partial charge on any atom is -0.415 e. The molecule has 0 radical (unpaired) electrons. The molecule has 2 aromatic carbocycles. The van der Waals surface area contributed by atoms with Crippen molar-refractivity contribution in [1.82, 2.24) is 20.7 Å². The second kappa shape index (κ2) is 39.1. The maximum Gasteiger partial charge on any atom is 0.227 e. The Hall–Kier alpha value is -3.38. The summed E-state index contributed by atoms with van der Waals surface area (Å²) in [7, 11) is 2.01. The lowest BCUT2D eigenvalue weighted by atomic mass is 9.95. The van der Waals surface area contributed by atoms with E-state index in [-0.39, 0.29) is 36.2 Å². The van der Waals surface area contributed by atoms with Gasteiger partial charge in [-0.15, -0.1) is 0 Å². The Labute approximate surface area is 442 Å². The van der Waals surface area contributed by atoms with Crippen molar-refractivity contribution < 1.29 is 37.8 Å². The number of Topliss-reactive ketones (excluding diaryl/α,β-unsaturated/α-hetero) is 2. The molecular formula is C56H91N5O8S2Si. The molecule has 0 saturated heterocycles. The number of nitrogens with zero attached hydrogens (tertiary/aromatic N) is 3. The van der Waals surface area contributed by atoms with Gasteiger partial charge >= 0.3 is 0 Å². The van der Waals surface area contributed by atoms with E-state index in [1.807, 2.05) is 48.5 Å². The molecule has 0 atom stereocenters. The molecular weight excluding hydrogens is 963 g/mol. The van der Waals surface area contributed by atoms with Gasteiger partial charge < -0.3 is 28.9 Å². The Morgan fingerprint density at radius 1 is 0.625 bits per heavy atom. The summed E-state index contributed by atoms with van der Waals surface area (Å²) in [5.41, 5.74) is 4.90. The van der Waals surface area contributed by atoms with Crippen molar-refractivity contribution in [3.8, 4) is 22.5 Å². The van der Waals surface area contributed by atoms with E-state index in [4.69, 9.17) is 18.6 Å². The smallest absolute Gasteiger partial charge is 0.227 e. The fraction of sp³-hybridized carbons (Fsp3) is 0.679. The van der Waals surface area contributed by atoms with Gasteiger partial charge in [0.05, 0.1) is 38.7 Å². The number of carbonyl (C=O) groups is 4. The molecule has 4 rings (SSSR count). The fourth-order valence-electron chi connectivity index (χ4n) is 8.49. The van der Waals surface area contributed by atoms with Gasteiger partial charge in [0.1, 0.15) is 23.0 Å². The molecule has 0 bridgehead atoms. The number of aromatic amines is 1. The highest BCUT2D eigenvalue weighted by atomic mass is 33.1. The second-order valence-electron chi connectivity index (χ2n) is 19.5. The number of unbranched alkanes of at least 4 members (excludes halogenated alkanes) is 10. The number of ketones is 2. The molecule has 0 spiro atoms. The van der Waals surface area contributed by atoms with Crippen molar-refractivity contribution >= 4 is 59.0 Å². The maximum atomic E-state index is 13.6. The van der Waals surface area contributed by atoms with Crippen LogP contribution in [0.25, 0.3) is 22.5 Å². The summed E-state index contributed by atoms with van der Waals surface area (Å²) in [4.78, 5) is 51.7. The number of hydrogen-bond acceptors (Lipinski definition) is 12. The minimum atomic E-state index is -1.35. The zero-order valence-corrected chi connectivity index (χ0v) is 47.7. The lowest BCUT2D eigenvalue weighted by Crippen LogP contribution is -2.33. The number of nitrogens with one attached hydrogen (secondary N) is 2. The van der Waals surface area contributed by atoms with Gasteiger partial charge in [0.15, 0.2) is 8.32 Å². The van der Waals surface area contributed by atoms with Crippen LogP contribution in [0.4, 0.5) is 5.69 Å². The van der Waals surface area contributed by atoms with E-state index < -0.39 is 8.32 Å². The third kappa shape index (κ3) is 27.8. The molecule has 2 heterocycles. The number of carbonyl (C=O) groups excluding carboxylic acids is 4. The van der Waals surface area contributed by atoms with Gasteiger partial charge in [0.2, 0.25) is 11.8 Å². The lowest BCUT2D eigenvalue weighted by molar-refractivity contribution is -0.124. The van der Waals surface area contributed by atoms with E-state index in [0.29, 0.717) is 103 Å². The quantitative estimate of drug-likeness (QED) is 0.0315. The first-order valence-corrected chi connectivity index (χ1v) is 32.9. The SMILES string of the molecule is CCCCCC(=O)NCCSSCCC(=O)CCCOCCOCCOCCCC(=O)CCC(=O)N1Cc2ccccc2-c2n[nH]nc2-c2ccccc21.CCCCCCCCCCC[Si](C)(C)OC(C)C. The van der Waals surface area contributed by atoms with E-state index in [1.165, 1.54) is 63.8 Å². The van der Waals surface area contributed by atoms with Crippen LogP contribution in [0.2, 0.25) is 19.1 Å². The number of fused-ring (bicyclic) bond motifs is 5. The normalized spacial score (nSPS) is 12.1. The Morgan fingerprint density at radius 2 is 1.17 bits per heavy atom. The van der Waals surface area contributed by atoms with Crippen LogP contribution < -0.4 is 10.2 Å². The van der Waals surface area contributed by atoms with E-state index in [0.717, 1.165) is 58.8 Å². The second-order valence-corrected chi connectivity index (χ2v) is 26.5. The number of para-hydroxylation sites is 1. The number of amides is 2. The minimum absolute atomic E-state index is 0.0333. The molecule has 2 N–H and O–H groups in total. The van der Waals surface area contributed by atoms with Crippen LogP contribution in [0.1, 0.15) is 162 Å². The third-order valence-electron chi connectivity index (χ3n) is 12.2. The van der Waals surface area contributed by atoms with Gasteiger partial charge in [-0.25, -0.2) is 0 Å². The average Bonchev–Trinajstić information content (AvgIpc) is 3.84. The monoisotopic (exact) mass is 1050 g/mol. The Morgan fingerprint density at radius 3 is 1.82 bits per heavy atom. The number of anilines is 1. The van der Waals surface area contributed by atoms with Crippen molar-refractivity contribution in [2.24, 2.45) is 0 Å². The molecule has 0 aliphatic carbocycles. The van der Waals surface area contributed by atoms with Crippen LogP contribution >= 0.6 is 21.6 Å². The van der Waals surface area contributed by atoms with Crippen LogP contribution in [0.5, 0.6) is 0 Å². The summed E-state index contributed by atoms with van der Waals surface area (Å²) in [6.45, 7) is 17.2. The van der Waals surface area contributed by atoms with Crippen molar-refractivity contribution in [2.45, 2.75) is 188 Å². The predicted molar refractivity (Wildman–Crippen MR) is 301 cm³/mol. The van der Waals surface area contributed by atoms with Gasteiger partial charge in [0, 0.05) is 87.0 Å². The molecule has 3 aromatic rings. The number of benzene rings is 2. The largest absolute Gasteiger partial charge is 0.415 e. The van der Waals surface area contributed by atoms with Crippen LogP contribution in [0.15, 0.2) is 48.5 Å². The van der Waals surface area contributed by atoms with E-state index in [2.05, 4.69) is 61.5 Å².